The van der Waals surface area contributed by atoms with E-state index in [4.69, 9.17) is 18.2 Å². The van der Waals surface area contributed by atoms with Crippen LogP contribution in [0.5, 0.6) is 0 Å². The lowest BCUT2D eigenvalue weighted by atomic mass is 10.2. The molecular formula is C34H40N3O8PSi. The number of rotatable bonds is 11. The summed E-state index contributed by atoms with van der Waals surface area (Å²) in [6, 6.07) is 29.9. The number of nitrogens with zero attached hydrogens (tertiary/aromatic N) is 2. The number of nitrogens with one attached hydrogen (secondary N) is 1. The fourth-order valence-electron chi connectivity index (χ4n) is 6.08. The van der Waals surface area contributed by atoms with Crippen LogP contribution in [0.25, 0.3) is 0 Å². The minimum absolute atomic E-state index is 0.0677. The Morgan fingerprint density at radius 3 is 1.98 bits per heavy atom. The minimum atomic E-state index is -4.08. The van der Waals surface area contributed by atoms with E-state index in [1.165, 1.54) is 31.0 Å². The van der Waals surface area contributed by atoms with E-state index in [1.54, 1.807) is 30.3 Å². The fourth-order valence-corrected chi connectivity index (χ4v) is 12.0. The molecule has 0 unspecified atom stereocenters. The Bertz CT molecular complexity index is 1720. The average Bonchev–Trinajstić information content (AvgIpc) is 3.50. The summed E-state index contributed by atoms with van der Waals surface area (Å²) in [5, 5.41) is 15.7. The second kappa shape index (κ2) is 14.2. The summed E-state index contributed by atoms with van der Waals surface area (Å²) >= 11 is 0. The Morgan fingerprint density at radius 1 is 0.957 bits per heavy atom. The van der Waals surface area contributed by atoms with Crippen molar-refractivity contribution in [1.29, 1.82) is 0 Å². The number of hydrogen-bond acceptors (Lipinski definition) is 9. The first-order chi connectivity index (χ1) is 22.4. The Hall–Kier alpha value is -3.74. The van der Waals surface area contributed by atoms with Gasteiger partial charge in [0.05, 0.1) is 6.10 Å². The van der Waals surface area contributed by atoms with Crippen molar-refractivity contribution in [3.8, 4) is 0 Å². The molecule has 0 saturated carbocycles. The number of hydrogen-bond donors (Lipinski definition) is 2. The first-order valence-electron chi connectivity index (χ1n) is 15.2. The van der Waals surface area contributed by atoms with E-state index in [1.807, 2.05) is 60.7 Å². The summed E-state index contributed by atoms with van der Waals surface area (Å²) in [6.45, 7) is 6.35. The van der Waals surface area contributed by atoms with Gasteiger partial charge in [0, 0.05) is 32.4 Å². The maximum absolute atomic E-state index is 13.5. The third kappa shape index (κ3) is 6.95. The normalized spacial score (nSPS) is 19.3. The highest BCUT2D eigenvalue weighted by Gasteiger charge is 2.56. The van der Waals surface area contributed by atoms with Gasteiger partial charge in [-0.1, -0.05) is 99.6 Å². The minimum Gasteiger partial charge on any atom is -0.402 e. The number of aromatic nitrogens is 2. The molecular weight excluding hydrogens is 637 g/mol. The van der Waals surface area contributed by atoms with Crippen molar-refractivity contribution in [1.82, 2.24) is 9.55 Å². The zero-order valence-electron chi connectivity index (χ0n) is 27.0. The van der Waals surface area contributed by atoms with Gasteiger partial charge >= 0.3 is 13.3 Å². The van der Waals surface area contributed by atoms with E-state index >= 15 is 0 Å². The van der Waals surface area contributed by atoms with Gasteiger partial charge < -0.3 is 28.6 Å². The highest BCUT2D eigenvalue weighted by Crippen LogP contribution is 2.55. The standard InChI is InChI=1S/C34H40N3O8PSi/c1-34(2,3)47(25-17-11-7-12-18-25,26-19-13-8-14-20-26)45-27-23-29(44-30(27)32(39)46(41,42-4)43-5)37-22-21-28(36-33(37)40)35-31(38)24-15-9-6-10-16-24/h6-22,27,29-30,32,39H,23H2,1-5H3,(H,35,36,38,40)/t27-,29+,30-,32-/m0/s1. The van der Waals surface area contributed by atoms with Gasteiger partial charge in [-0.25, -0.2) is 4.79 Å². The van der Waals surface area contributed by atoms with Crippen LogP contribution in [0, 0.1) is 0 Å². The van der Waals surface area contributed by atoms with Crippen molar-refractivity contribution in [3.05, 3.63) is 119 Å². The Labute approximate surface area is 275 Å². The van der Waals surface area contributed by atoms with E-state index in [2.05, 4.69) is 31.1 Å². The number of ether oxygens (including phenoxy) is 1. The number of aliphatic hydroxyl groups is 1. The van der Waals surface area contributed by atoms with Crippen LogP contribution in [-0.4, -0.2) is 61.2 Å². The molecule has 1 saturated heterocycles. The van der Waals surface area contributed by atoms with Crippen LogP contribution in [0.15, 0.2) is 108 Å². The molecule has 1 aliphatic heterocycles. The van der Waals surface area contributed by atoms with Gasteiger partial charge in [0.25, 0.3) is 14.2 Å². The van der Waals surface area contributed by atoms with Gasteiger partial charge in [0.2, 0.25) is 0 Å². The van der Waals surface area contributed by atoms with E-state index < -0.39 is 56.8 Å². The van der Waals surface area contributed by atoms with Gasteiger partial charge in [-0.2, -0.15) is 4.98 Å². The molecule has 4 atom stereocenters. The molecule has 1 aromatic heterocycles. The fraction of sp³-hybridized carbons (Fsp3) is 0.324. The Kier molecular flexibility index (Phi) is 10.4. The number of carbonyl (C=O) groups excluding carboxylic acids is 1. The van der Waals surface area contributed by atoms with Crippen molar-refractivity contribution >= 4 is 38.0 Å². The lowest BCUT2D eigenvalue weighted by Crippen LogP contribution is -2.68. The zero-order chi connectivity index (χ0) is 33.8. The zero-order valence-corrected chi connectivity index (χ0v) is 28.9. The summed E-state index contributed by atoms with van der Waals surface area (Å²) in [7, 11) is -4.90. The molecule has 11 nitrogen and oxygen atoms in total. The third-order valence-electron chi connectivity index (χ3n) is 8.40. The Morgan fingerprint density at radius 2 is 1.49 bits per heavy atom. The molecule has 1 fully saturated rings. The number of benzene rings is 3. The molecule has 4 aromatic rings. The predicted octanol–water partition coefficient (Wildman–Crippen LogP) is 4.53. The number of amides is 1. The maximum atomic E-state index is 13.5. The largest absolute Gasteiger partial charge is 0.402 e. The van der Waals surface area contributed by atoms with E-state index in [0.717, 1.165) is 10.4 Å². The molecule has 0 aliphatic carbocycles. The molecule has 248 valence electrons. The average molecular weight is 678 g/mol. The van der Waals surface area contributed by atoms with Crippen LogP contribution in [-0.2, 0) is 22.8 Å². The number of carbonyl (C=O) groups is 1. The maximum Gasteiger partial charge on any atom is 0.361 e. The second-order valence-corrected chi connectivity index (χ2v) is 18.8. The van der Waals surface area contributed by atoms with Crippen LogP contribution >= 0.6 is 7.60 Å². The van der Waals surface area contributed by atoms with Gasteiger partial charge in [-0.15, -0.1) is 0 Å². The number of aliphatic hydroxyl groups excluding tert-OH is 1. The molecule has 0 bridgehead atoms. The van der Waals surface area contributed by atoms with Gasteiger partial charge in [0.1, 0.15) is 18.1 Å². The highest BCUT2D eigenvalue weighted by atomic mass is 31.2. The number of anilines is 1. The summed E-state index contributed by atoms with van der Waals surface area (Å²) in [5.74, 6) is -2.08. The topological polar surface area (TPSA) is 138 Å². The molecule has 0 radical (unpaired) electrons. The van der Waals surface area contributed by atoms with Crippen molar-refractivity contribution in [3.63, 3.8) is 0 Å². The van der Waals surface area contributed by atoms with Crippen LogP contribution in [0.4, 0.5) is 5.82 Å². The van der Waals surface area contributed by atoms with E-state index in [0.29, 0.717) is 5.56 Å². The van der Waals surface area contributed by atoms with Gasteiger partial charge in [0.15, 0.2) is 5.85 Å². The summed E-state index contributed by atoms with van der Waals surface area (Å²) in [6.07, 6.45) is -1.46. The molecule has 0 spiro atoms. The molecule has 5 rings (SSSR count). The highest BCUT2D eigenvalue weighted by molar-refractivity contribution is 7.54. The third-order valence-corrected chi connectivity index (χ3v) is 15.4. The molecule has 2 heterocycles. The summed E-state index contributed by atoms with van der Waals surface area (Å²) in [4.78, 5) is 30.1. The lowest BCUT2D eigenvalue weighted by Gasteiger charge is -2.45. The van der Waals surface area contributed by atoms with Crippen molar-refractivity contribution in [2.24, 2.45) is 0 Å². The summed E-state index contributed by atoms with van der Waals surface area (Å²) in [5.41, 5.74) is -0.277. The second-order valence-electron chi connectivity index (χ2n) is 12.3. The van der Waals surface area contributed by atoms with E-state index in [-0.39, 0.29) is 12.2 Å². The Balaban J connectivity index is 1.54. The first-order valence-corrected chi connectivity index (χ1v) is 18.7. The monoisotopic (exact) mass is 677 g/mol. The van der Waals surface area contributed by atoms with Crippen molar-refractivity contribution in [2.45, 2.75) is 56.5 Å². The van der Waals surface area contributed by atoms with Crippen LogP contribution in [0.2, 0.25) is 5.04 Å². The quantitative estimate of drug-likeness (QED) is 0.173. The predicted molar refractivity (Wildman–Crippen MR) is 182 cm³/mol. The smallest absolute Gasteiger partial charge is 0.361 e. The van der Waals surface area contributed by atoms with Crippen molar-refractivity contribution < 1.29 is 32.7 Å². The first kappa shape index (κ1) is 34.6. The summed E-state index contributed by atoms with van der Waals surface area (Å²) < 4.78 is 38.7. The van der Waals surface area contributed by atoms with Crippen LogP contribution in [0.3, 0.4) is 0 Å². The van der Waals surface area contributed by atoms with Crippen LogP contribution < -0.4 is 21.4 Å². The molecule has 3 aromatic carbocycles. The van der Waals surface area contributed by atoms with Crippen LogP contribution in [0.1, 0.15) is 43.8 Å². The van der Waals surface area contributed by atoms with Gasteiger partial charge in [-0.3, -0.25) is 13.9 Å². The SMILES string of the molecule is COP(=O)(OC)[C@H](O)[C@H]1O[C@@H](n2ccc(NC(=O)c3ccccc3)nc2=O)C[C@@H]1O[Si](c1ccccc1)(c1ccccc1)C(C)(C)C. The lowest BCUT2D eigenvalue weighted by molar-refractivity contribution is -0.0633. The molecule has 1 aliphatic rings. The molecule has 1 amide bonds. The molecule has 47 heavy (non-hydrogen) atoms. The van der Waals surface area contributed by atoms with Crippen molar-refractivity contribution in [2.75, 3.05) is 19.5 Å². The van der Waals surface area contributed by atoms with Gasteiger partial charge in [-0.05, 0) is 33.6 Å². The van der Waals surface area contributed by atoms with E-state index in [9.17, 15) is 19.3 Å². The molecule has 2 N–H and O–H groups in total. The molecule has 13 heteroatoms.